The number of anilines is 1. The van der Waals surface area contributed by atoms with Crippen molar-refractivity contribution in [1.82, 2.24) is 4.72 Å². The van der Waals surface area contributed by atoms with E-state index in [1.807, 2.05) is 0 Å². The van der Waals surface area contributed by atoms with Crippen molar-refractivity contribution in [2.75, 3.05) is 5.73 Å². The number of benzene rings is 1. The van der Waals surface area contributed by atoms with E-state index in [2.05, 4.69) is 4.72 Å². The summed E-state index contributed by atoms with van der Waals surface area (Å²) >= 11 is 5.78. The highest BCUT2D eigenvalue weighted by Gasteiger charge is 2.25. The van der Waals surface area contributed by atoms with Crippen LogP contribution in [-0.2, 0) is 10.0 Å². The van der Waals surface area contributed by atoms with Gasteiger partial charge in [0.15, 0.2) is 5.82 Å². The van der Waals surface area contributed by atoms with Crippen LogP contribution in [0.5, 0.6) is 0 Å². The van der Waals surface area contributed by atoms with Gasteiger partial charge < -0.3 is 5.73 Å². The van der Waals surface area contributed by atoms with Gasteiger partial charge in [-0.15, -0.1) is 0 Å². The third-order valence-electron chi connectivity index (χ3n) is 3.75. The molecule has 0 bridgehead atoms. The van der Waals surface area contributed by atoms with Crippen LogP contribution in [0, 0.1) is 5.82 Å². The Morgan fingerprint density at radius 3 is 2.33 bits per heavy atom. The smallest absolute Gasteiger partial charge is 0.243 e. The predicted octanol–water partition coefficient (Wildman–Crippen LogP) is 3.45. The van der Waals surface area contributed by atoms with Crippen molar-refractivity contribution in [3.05, 3.63) is 23.0 Å². The van der Waals surface area contributed by atoms with E-state index in [9.17, 15) is 12.8 Å². The molecule has 0 unspecified atom stereocenters. The Labute approximate surface area is 129 Å². The third kappa shape index (κ3) is 4.31. The Morgan fingerprint density at radius 2 is 1.71 bits per heavy atom. The second-order valence-corrected chi connectivity index (χ2v) is 7.59. The largest absolute Gasteiger partial charge is 0.396 e. The monoisotopic (exact) mass is 334 g/mol. The maximum atomic E-state index is 14.0. The second-order valence-electron chi connectivity index (χ2n) is 5.47. The molecule has 0 amide bonds. The molecule has 0 aliphatic heterocycles. The fourth-order valence-corrected chi connectivity index (χ4v) is 4.37. The zero-order chi connectivity index (χ0) is 15.5. The lowest BCUT2D eigenvalue weighted by atomic mass is 9.97. The number of hydrogen-bond acceptors (Lipinski definition) is 3. The van der Waals surface area contributed by atoms with E-state index in [0.29, 0.717) is 0 Å². The SMILES string of the molecule is Nc1cc(Cl)cc(S(=O)(=O)NC2CCCCCCC2)c1F. The third-order valence-corrected chi connectivity index (χ3v) is 5.49. The van der Waals surface area contributed by atoms with Gasteiger partial charge in [0.25, 0.3) is 0 Å². The summed E-state index contributed by atoms with van der Waals surface area (Å²) < 4.78 is 41.3. The molecule has 1 fully saturated rings. The van der Waals surface area contributed by atoms with Crippen LogP contribution in [0.4, 0.5) is 10.1 Å². The fourth-order valence-electron chi connectivity index (χ4n) is 2.64. The average molecular weight is 335 g/mol. The first-order chi connectivity index (χ1) is 9.90. The number of nitrogens with two attached hydrogens (primary N) is 1. The van der Waals surface area contributed by atoms with Crippen LogP contribution in [-0.4, -0.2) is 14.5 Å². The molecular formula is C14H20ClFN2O2S. The van der Waals surface area contributed by atoms with Crippen molar-refractivity contribution in [3.8, 4) is 0 Å². The minimum atomic E-state index is -3.95. The molecule has 0 radical (unpaired) electrons. The van der Waals surface area contributed by atoms with Crippen LogP contribution in [0.25, 0.3) is 0 Å². The van der Waals surface area contributed by atoms with Crippen molar-refractivity contribution in [3.63, 3.8) is 0 Å². The van der Waals surface area contributed by atoms with Gasteiger partial charge in [-0.25, -0.2) is 17.5 Å². The van der Waals surface area contributed by atoms with Gasteiger partial charge in [0.1, 0.15) is 4.90 Å². The van der Waals surface area contributed by atoms with Crippen LogP contribution in [0.1, 0.15) is 44.9 Å². The molecule has 21 heavy (non-hydrogen) atoms. The van der Waals surface area contributed by atoms with Crippen molar-refractivity contribution in [2.45, 2.75) is 55.9 Å². The molecule has 0 spiro atoms. The highest BCUT2D eigenvalue weighted by molar-refractivity contribution is 7.89. The summed E-state index contributed by atoms with van der Waals surface area (Å²) in [6.07, 6.45) is 6.92. The van der Waals surface area contributed by atoms with E-state index in [1.165, 1.54) is 12.5 Å². The molecule has 0 heterocycles. The number of hydrogen-bond donors (Lipinski definition) is 2. The molecule has 7 heteroatoms. The van der Waals surface area contributed by atoms with E-state index >= 15 is 0 Å². The van der Waals surface area contributed by atoms with Crippen molar-refractivity contribution < 1.29 is 12.8 Å². The molecule has 1 aromatic rings. The predicted molar refractivity (Wildman–Crippen MR) is 82.3 cm³/mol. The van der Waals surface area contributed by atoms with Gasteiger partial charge in [0, 0.05) is 11.1 Å². The Kier molecular flexibility index (Phi) is 5.46. The first-order valence-corrected chi connectivity index (χ1v) is 9.03. The quantitative estimate of drug-likeness (QED) is 0.831. The van der Waals surface area contributed by atoms with E-state index in [4.69, 9.17) is 17.3 Å². The van der Waals surface area contributed by atoms with Crippen LogP contribution in [0.15, 0.2) is 17.0 Å². The maximum Gasteiger partial charge on any atom is 0.243 e. The number of halogens is 2. The Hall–Kier alpha value is -0.850. The van der Waals surface area contributed by atoms with Crippen LogP contribution >= 0.6 is 11.6 Å². The molecule has 0 aromatic heterocycles. The zero-order valence-electron chi connectivity index (χ0n) is 11.7. The van der Waals surface area contributed by atoms with Crippen LogP contribution in [0.2, 0.25) is 5.02 Å². The van der Waals surface area contributed by atoms with E-state index < -0.39 is 20.7 Å². The first kappa shape index (κ1) is 16.5. The lowest BCUT2D eigenvalue weighted by Crippen LogP contribution is -2.35. The molecule has 0 atom stereocenters. The highest BCUT2D eigenvalue weighted by Crippen LogP contribution is 2.26. The van der Waals surface area contributed by atoms with Crippen LogP contribution < -0.4 is 10.5 Å². The summed E-state index contributed by atoms with van der Waals surface area (Å²) in [5, 5.41) is 0.104. The molecule has 1 saturated carbocycles. The molecule has 1 aliphatic carbocycles. The van der Waals surface area contributed by atoms with Crippen LogP contribution in [0.3, 0.4) is 0 Å². The number of nitrogen functional groups attached to an aromatic ring is 1. The summed E-state index contributed by atoms with van der Waals surface area (Å²) in [5.74, 6) is -0.947. The Bertz CT molecular complexity index is 599. The first-order valence-electron chi connectivity index (χ1n) is 7.17. The van der Waals surface area contributed by atoms with E-state index in [1.54, 1.807) is 0 Å². The van der Waals surface area contributed by atoms with Gasteiger partial charge in [0.2, 0.25) is 10.0 Å². The number of nitrogens with one attached hydrogen (secondary N) is 1. The summed E-state index contributed by atoms with van der Waals surface area (Å²) in [5.41, 5.74) is 5.18. The molecule has 1 aliphatic rings. The number of sulfonamides is 1. The molecule has 0 saturated heterocycles. The summed E-state index contributed by atoms with van der Waals surface area (Å²) in [7, 11) is -3.95. The summed E-state index contributed by atoms with van der Waals surface area (Å²) in [4.78, 5) is -0.477. The number of rotatable bonds is 3. The molecule has 2 rings (SSSR count). The molecule has 3 N–H and O–H groups in total. The summed E-state index contributed by atoms with van der Waals surface area (Å²) in [6.45, 7) is 0. The highest BCUT2D eigenvalue weighted by atomic mass is 35.5. The topological polar surface area (TPSA) is 72.2 Å². The summed E-state index contributed by atoms with van der Waals surface area (Å²) in [6, 6.07) is 2.14. The fraction of sp³-hybridized carbons (Fsp3) is 0.571. The van der Waals surface area contributed by atoms with Crippen molar-refractivity contribution in [1.29, 1.82) is 0 Å². The van der Waals surface area contributed by atoms with Crippen molar-refractivity contribution >= 4 is 27.3 Å². The van der Waals surface area contributed by atoms with Gasteiger partial charge in [-0.1, -0.05) is 43.7 Å². The van der Waals surface area contributed by atoms with Gasteiger partial charge in [-0.2, -0.15) is 0 Å². The van der Waals surface area contributed by atoms with Gasteiger partial charge in [-0.3, -0.25) is 0 Å². The lowest BCUT2D eigenvalue weighted by Gasteiger charge is -2.21. The van der Waals surface area contributed by atoms with Gasteiger partial charge in [-0.05, 0) is 25.0 Å². The van der Waals surface area contributed by atoms with Gasteiger partial charge in [0.05, 0.1) is 5.69 Å². The van der Waals surface area contributed by atoms with Gasteiger partial charge >= 0.3 is 0 Å². The normalized spacial score (nSPS) is 18.2. The standard InChI is InChI=1S/C14H20ClFN2O2S/c15-10-8-12(17)14(16)13(9-10)21(19,20)18-11-6-4-2-1-3-5-7-11/h8-9,11,18H,1-7,17H2. The Morgan fingerprint density at radius 1 is 1.14 bits per heavy atom. The Balaban J connectivity index is 2.21. The van der Waals surface area contributed by atoms with E-state index in [0.717, 1.165) is 44.6 Å². The average Bonchev–Trinajstić information content (AvgIpc) is 2.36. The molecule has 118 valence electrons. The minimum Gasteiger partial charge on any atom is -0.396 e. The minimum absolute atomic E-state index is 0.104. The molecule has 4 nitrogen and oxygen atoms in total. The van der Waals surface area contributed by atoms with E-state index in [-0.39, 0.29) is 16.8 Å². The molecule has 1 aromatic carbocycles. The molecular weight excluding hydrogens is 315 g/mol. The maximum absolute atomic E-state index is 14.0. The zero-order valence-corrected chi connectivity index (χ0v) is 13.3. The van der Waals surface area contributed by atoms with Crippen molar-refractivity contribution in [2.24, 2.45) is 0 Å². The second kappa shape index (κ2) is 6.94. The lowest BCUT2D eigenvalue weighted by molar-refractivity contribution is 0.425.